The van der Waals surface area contributed by atoms with Crippen LogP contribution in [-0.2, 0) is 28.6 Å². The van der Waals surface area contributed by atoms with Crippen molar-refractivity contribution in [1.29, 1.82) is 0 Å². The Morgan fingerprint density at radius 2 is 0.655 bits per heavy atom. The van der Waals surface area contributed by atoms with Gasteiger partial charge in [-0.25, -0.2) is 0 Å². The van der Waals surface area contributed by atoms with Gasteiger partial charge in [-0.2, -0.15) is 0 Å². The SMILES string of the molecule is CC/C=C\C/C=C\C/C=C\C/C=C\C/C=C\CCC(=O)OCC(COC(=O)CCCCCCC/C=C\C/C=C\CC)OC(=O)CCCCCCC/C=C\C/C=C\CC. The van der Waals surface area contributed by atoms with Crippen LogP contribution in [0.2, 0.25) is 0 Å². The standard InChI is InChI=1S/C52H82O6/c1-4-7-10-13-16-19-22-25-26-27-28-31-33-36-39-42-45-51(54)57-48-49(58-52(55)46-43-40-37-34-30-24-21-18-15-12-9-6-3)47-56-50(53)44-41-38-35-32-29-23-20-17-14-11-8-5-2/h7-12,16-21,25-26,28,31,36,39,49H,4-6,13-15,22-24,27,29-30,32-35,37-38,40-48H2,1-3H3/b10-7-,11-8-,12-9-,19-16-,20-17-,21-18-,26-25-,31-28-,39-36-. The van der Waals surface area contributed by atoms with Gasteiger partial charge in [0.05, 0.1) is 0 Å². The fourth-order valence-corrected chi connectivity index (χ4v) is 5.68. The summed E-state index contributed by atoms with van der Waals surface area (Å²) in [6.07, 6.45) is 60.9. The second-order valence-electron chi connectivity index (χ2n) is 14.5. The maximum absolute atomic E-state index is 12.7. The van der Waals surface area contributed by atoms with Gasteiger partial charge in [0.2, 0.25) is 0 Å². The Kier molecular flexibility index (Phi) is 42.7. The molecule has 0 aromatic heterocycles. The molecule has 0 aliphatic carbocycles. The van der Waals surface area contributed by atoms with E-state index in [1.54, 1.807) is 0 Å². The minimum absolute atomic E-state index is 0.117. The summed E-state index contributed by atoms with van der Waals surface area (Å²) in [7, 11) is 0. The van der Waals surface area contributed by atoms with Gasteiger partial charge in [0.25, 0.3) is 0 Å². The van der Waals surface area contributed by atoms with Crippen LogP contribution in [0.3, 0.4) is 0 Å². The lowest BCUT2D eigenvalue weighted by Crippen LogP contribution is -2.30. The number of carbonyl (C=O) groups excluding carboxylic acids is 3. The van der Waals surface area contributed by atoms with Gasteiger partial charge in [0.15, 0.2) is 6.10 Å². The summed E-state index contributed by atoms with van der Waals surface area (Å²) in [6.45, 7) is 6.18. The molecule has 0 aliphatic heterocycles. The summed E-state index contributed by atoms with van der Waals surface area (Å²) >= 11 is 0. The lowest BCUT2D eigenvalue weighted by Gasteiger charge is -2.18. The second kappa shape index (κ2) is 45.8. The van der Waals surface area contributed by atoms with E-state index >= 15 is 0 Å². The third-order valence-corrected chi connectivity index (χ3v) is 9.02. The lowest BCUT2D eigenvalue weighted by atomic mass is 10.1. The van der Waals surface area contributed by atoms with E-state index in [0.29, 0.717) is 12.8 Å². The number of rotatable bonds is 39. The number of hydrogen-bond donors (Lipinski definition) is 0. The Balaban J connectivity index is 4.55. The molecule has 0 heterocycles. The van der Waals surface area contributed by atoms with Crippen molar-refractivity contribution in [2.45, 2.75) is 187 Å². The monoisotopic (exact) mass is 803 g/mol. The minimum Gasteiger partial charge on any atom is -0.462 e. The molecule has 0 aromatic carbocycles. The van der Waals surface area contributed by atoms with E-state index in [2.05, 4.69) is 118 Å². The molecule has 0 fully saturated rings. The Morgan fingerprint density at radius 1 is 0.345 bits per heavy atom. The smallest absolute Gasteiger partial charge is 0.306 e. The fraction of sp³-hybridized carbons (Fsp3) is 0.596. The number of allylic oxidation sites excluding steroid dienone is 18. The third kappa shape index (κ3) is 43.2. The molecule has 0 saturated carbocycles. The number of hydrogen-bond acceptors (Lipinski definition) is 6. The number of ether oxygens (including phenoxy) is 3. The second-order valence-corrected chi connectivity index (χ2v) is 14.5. The summed E-state index contributed by atoms with van der Waals surface area (Å²) in [5, 5.41) is 0. The highest BCUT2D eigenvalue weighted by atomic mass is 16.6. The van der Waals surface area contributed by atoms with E-state index < -0.39 is 6.10 Å². The van der Waals surface area contributed by atoms with Crippen molar-refractivity contribution in [2.75, 3.05) is 13.2 Å². The molecule has 0 aliphatic rings. The molecule has 326 valence electrons. The highest BCUT2D eigenvalue weighted by Gasteiger charge is 2.19. The van der Waals surface area contributed by atoms with Gasteiger partial charge in [-0.1, -0.05) is 169 Å². The molecule has 0 spiro atoms. The molecular weight excluding hydrogens is 721 g/mol. The molecule has 0 saturated heterocycles. The predicted octanol–water partition coefficient (Wildman–Crippen LogP) is 14.8. The van der Waals surface area contributed by atoms with Crippen molar-refractivity contribution in [2.24, 2.45) is 0 Å². The topological polar surface area (TPSA) is 78.9 Å². The molecule has 0 aromatic rings. The molecule has 1 unspecified atom stereocenters. The molecule has 0 N–H and O–H groups in total. The first kappa shape index (κ1) is 54.1. The van der Waals surface area contributed by atoms with Crippen molar-refractivity contribution < 1.29 is 28.6 Å². The number of carbonyl (C=O) groups is 3. The summed E-state index contributed by atoms with van der Waals surface area (Å²) in [4.78, 5) is 37.7. The van der Waals surface area contributed by atoms with Gasteiger partial charge >= 0.3 is 17.9 Å². The third-order valence-electron chi connectivity index (χ3n) is 9.02. The molecule has 6 heteroatoms. The van der Waals surface area contributed by atoms with Crippen molar-refractivity contribution in [3.05, 3.63) is 109 Å². The van der Waals surface area contributed by atoms with Crippen LogP contribution in [0.5, 0.6) is 0 Å². The Morgan fingerprint density at radius 3 is 1.07 bits per heavy atom. The number of unbranched alkanes of at least 4 members (excludes halogenated alkanes) is 10. The molecule has 6 nitrogen and oxygen atoms in total. The summed E-state index contributed by atoms with van der Waals surface area (Å²) in [5.41, 5.74) is 0. The van der Waals surface area contributed by atoms with Crippen LogP contribution in [0.1, 0.15) is 181 Å². The Hall–Kier alpha value is -3.93. The van der Waals surface area contributed by atoms with Crippen molar-refractivity contribution in [3.63, 3.8) is 0 Å². The first-order chi connectivity index (χ1) is 28.5. The van der Waals surface area contributed by atoms with E-state index in [1.807, 2.05) is 12.2 Å². The lowest BCUT2D eigenvalue weighted by molar-refractivity contribution is -0.166. The molecule has 0 rings (SSSR count). The largest absolute Gasteiger partial charge is 0.462 e. The molecule has 58 heavy (non-hydrogen) atoms. The number of esters is 3. The van der Waals surface area contributed by atoms with E-state index in [4.69, 9.17) is 14.2 Å². The van der Waals surface area contributed by atoms with Gasteiger partial charge < -0.3 is 14.2 Å². The molecular formula is C52H82O6. The van der Waals surface area contributed by atoms with Crippen molar-refractivity contribution in [1.82, 2.24) is 0 Å². The zero-order valence-electron chi connectivity index (χ0n) is 37.0. The van der Waals surface area contributed by atoms with Crippen LogP contribution >= 0.6 is 0 Å². The normalized spacial score (nSPS) is 13.1. The predicted molar refractivity (Wildman–Crippen MR) is 247 cm³/mol. The van der Waals surface area contributed by atoms with E-state index in [9.17, 15) is 14.4 Å². The van der Waals surface area contributed by atoms with Gasteiger partial charge in [0.1, 0.15) is 13.2 Å². The average Bonchev–Trinajstić information content (AvgIpc) is 3.22. The summed E-state index contributed by atoms with van der Waals surface area (Å²) in [6, 6.07) is 0. The molecule has 0 amide bonds. The first-order valence-corrected chi connectivity index (χ1v) is 22.9. The van der Waals surface area contributed by atoms with Crippen LogP contribution < -0.4 is 0 Å². The van der Waals surface area contributed by atoms with E-state index in [1.165, 1.54) is 0 Å². The van der Waals surface area contributed by atoms with Crippen LogP contribution in [0, 0.1) is 0 Å². The minimum atomic E-state index is -0.821. The average molecular weight is 803 g/mol. The molecule has 0 bridgehead atoms. The van der Waals surface area contributed by atoms with Crippen LogP contribution in [0.15, 0.2) is 109 Å². The Bertz CT molecular complexity index is 1240. The van der Waals surface area contributed by atoms with Gasteiger partial charge in [-0.05, 0) is 103 Å². The molecule has 1 atom stereocenters. The van der Waals surface area contributed by atoms with Gasteiger partial charge in [-0.15, -0.1) is 0 Å². The maximum Gasteiger partial charge on any atom is 0.306 e. The quantitative estimate of drug-likeness (QED) is 0.0267. The maximum atomic E-state index is 12.7. The van der Waals surface area contributed by atoms with Gasteiger partial charge in [-0.3, -0.25) is 14.4 Å². The van der Waals surface area contributed by atoms with E-state index in [-0.39, 0.29) is 44.0 Å². The summed E-state index contributed by atoms with van der Waals surface area (Å²) < 4.78 is 16.6. The van der Waals surface area contributed by atoms with Crippen LogP contribution in [0.25, 0.3) is 0 Å². The highest BCUT2D eigenvalue weighted by Crippen LogP contribution is 2.12. The summed E-state index contributed by atoms with van der Waals surface area (Å²) in [5.74, 6) is -1.04. The Labute approximate surface area is 355 Å². The van der Waals surface area contributed by atoms with E-state index in [0.717, 1.165) is 135 Å². The van der Waals surface area contributed by atoms with Crippen molar-refractivity contribution >= 4 is 17.9 Å². The zero-order chi connectivity index (χ0) is 42.3. The van der Waals surface area contributed by atoms with Crippen LogP contribution in [0.4, 0.5) is 0 Å². The fourth-order valence-electron chi connectivity index (χ4n) is 5.68. The highest BCUT2D eigenvalue weighted by molar-refractivity contribution is 5.71. The molecule has 0 radical (unpaired) electrons. The van der Waals surface area contributed by atoms with Gasteiger partial charge in [0, 0.05) is 19.3 Å². The first-order valence-electron chi connectivity index (χ1n) is 22.9. The zero-order valence-corrected chi connectivity index (χ0v) is 37.0. The van der Waals surface area contributed by atoms with Crippen molar-refractivity contribution in [3.8, 4) is 0 Å². The van der Waals surface area contributed by atoms with Crippen LogP contribution in [-0.4, -0.2) is 37.2 Å².